The molecule has 0 saturated carbocycles. The summed E-state index contributed by atoms with van der Waals surface area (Å²) in [6.07, 6.45) is 5.97. The van der Waals surface area contributed by atoms with Crippen molar-refractivity contribution in [3.8, 4) is 5.75 Å². The summed E-state index contributed by atoms with van der Waals surface area (Å²) < 4.78 is 19.9. The van der Waals surface area contributed by atoms with Gasteiger partial charge >= 0.3 is 0 Å². The number of rotatable bonds is 5. The Morgan fingerprint density at radius 3 is 2.69 bits per heavy atom. The van der Waals surface area contributed by atoms with Gasteiger partial charge in [-0.2, -0.15) is 0 Å². The molecule has 5 rings (SSSR count). The molecule has 0 saturated heterocycles. The van der Waals surface area contributed by atoms with E-state index in [9.17, 15) is 14.0 Å². The van der Waals surface area contributed by atoms with Crippen molar-refractivity contribution in [2.24, 2.45) is 10.9 Å². The second-order valence-electron chi connectivity index (χ2n) is 10.8. The zero-order valence-electron chi connectivity index (χ0n) is 20.8. The molecule has 1 unspecified atom stereocenters. The molecule has 2 atom stereocenters. The van der Waals surface area contributed by atoms with E-state index >= 15 is 0 Å². The van der Waals surface area contributed by atoms with Crippen molar-refractivity contribution in [2.45, 2.75) is 57.7 Å². The van der Waals surface area contributed by atoms with E-state index in [1.807, 2.05) is 33.8 Å². The van der Waals surface area contributed by atoms with Gasteiger partial charge in [0.2, 0.25) is 17.8 Å². The van der Waals surface area contributed by atoms with Crippen LogP contribution in [0.2, 0.25) is 0 Å². The Labute approximate surface area is 209 Å². The summed E-state index contributed by atoms with van der Waals surface area (Å²) in [4.78, 5) is 36.5. The van der Waals surface area contributed by atoms with Crippen LogP contribution in [0.1, 0.15) is 52.1 Å². The van der Waals surface area contributed by atoms with E-state index in [1.54, 1.807) is 35.5 Å². The second kappa shape index (κ2) is 8.72. The Hall–Kier alpha value is -3.75. The highest BCUT2D eigenvalue weighted by atomic mass is 19.1. The first-order chi connectivity index (χ1) is 17.0. The average Bonchev–Trinajstić information content (AvgIpc) is 3.56. The molecule has 3 heterocycles. The average molecular weight is 492 g/mol. The molecule has 1 aliphatic carbocycles. The van der Waals surface area contributed by atoms with Gasteiger partial charge in [0.1, 0.15) is 17.2 Å². The van der Waals surface area contributed by atoms with Gasteiger partial charge in [0.25, 0.3) is 0 Å². The molecule has 1 aromatic carbocycles. The summed E-state index contributed by atoms with van der Waals surface area (Å²) in [5.41, 5.74) is 1.21. The van der Waals surface area contributed by atoms with E-state index in [0.717, 1.165) is 11.3 Å². The van der Waals surface area contributed by atoms with E-state index in [-0.39, 0.29) is 36.6 Å². The summed E-state index contributed by atoms with van der Waals surface area (Å²) in [7, 11) is 0. The number of hydrogen-bond acceptors (Lipinski definition) is 6. The molecular weight excluding hydrogens is 461 g/mol. The monoisotopic (exact) mass is 491 g/mol. The lowest BCUT2D eigenvalue weighted by atomic mass is 9.89. The van der Waals surface area contributed by atoms with Gasteiger partial charge in [-0.05, 0) is 63.6 Å². The van der Waals surface area contributed by atoms with Crippen LogP contribution in [0.15, 0.2) is 59.4 Å². The Morgan fingerprint density at radius 1 is 1.19 bits per heavy atom. The Morgan fingerprint density at radius 2 is 1.94 bits per heavy atom. The van der Waals surface area contributed by atoms with Gasteiger partial charge in [-0.1, -0.05) is 6.08 Å². The summed E-state index contributed by atoms with van der Waals surface area (Å²) in [6.45, 7) is 7.99. The number of nitrogens with one attached hydrogen (secondary N) is 2. The predicted octanol–water partition coefficient (Wildman–Crippen LogP) is 3.97. The maximum atomic E-state index is 13.9. The van der Waals surface area contributed by atoms with E-state index in [4.69, 9.17) is 9.73 Å². The van der Waals surface area contributed by atoms with Gasteiger partial charge in [0.05, 0.1) is 30.5 Å². The normalized spacial score (nSPS) is 23.6. The van der Waals surface area contributed by atoms with Crippen molar-refractivity contribution in [1.82, 2.24) is 15.2 Å². The SMILES string of the molecule is CC1(C)CC(=O)N(CC2=C[C@H]2C(=O)NC2CC(C)(C)Oc3ccc(F)cc32)C(Nc2ccncc2)=N1. The molecule has 2 amide bonds. The van der Waals surface area contributed by atoms with Crippen LogP contribution in [0.4, 0.5) is 10.1 Å². The third kappa shape index (κ3) is 5.10. The van der Waals surface area contributed by atoms with Crippen LogP contribution in [0.25, 0.3) is 0 Å². The summed E-state index contributed by atoms with van der Waals surface area (Å²) in [5.74, 6) is -0.00154. The number of halogens is 1. The first-order valence-corrected chi connectivity index (χ1v) is 12.1. The molecule has 36 heavy (non-hydrogen) atoms. The third-order valence-corrected chi connectivity index (χ3v) is 6.53. The van der Waals surface area contributed by atoms with Crippen molar-refractivity contribution in [2.75, 3.05) is 11.9 Å². The van der Waals surface area contributed by atoms with E-state index in [0.29, 0.717) is 23.7 Å². The molecule has 0 bridgehead atoms. The second-order valence-corrected chi connectivity index (χ2v) is 10.8. The Balaban J connectivity index is 1.28. The molecule has 1 aromatic heterocycles. The van der Waals surface area contributed by atoms with E-state index < -0.39 is 17.1 Å². The highest BCUT2D eigenvalue weighted by molar-refractivity contribution is 6.06. The third-order valence-electron chi connectivity index (χ3n) is 6.53. The quantitative estimate of drug-likeness (QED) is 0.617. The molecule has 3 aliphatic rings. The summed E-state index contributed by atoms with van der Waals surface area (Å²) in [5, 5.41) is 6.29. The van der Waals surface area contributed by atoms with Gasteiger partial charge in [-0.25, -0.2) is 9.38 Å². The summed E-state index contributed by atoms with van der Waals surface area (Å²) >= 11 is 0. The number of carbonyl (C=O) groups excluding carboxylic acids is 2. The molecule has 0 radical (unpaired) electrons. The standard InChI is InChI=1S/C27H30FN5O3/c1-26(2)14-23(34)33(25(32-26)30-18-7-9-29-10-8-18)15-16-11-19(16)24(35)31-21-13-27(3,4)36-22-6-5-17(28)12-20(21)22/h5-12,19,21H,13-15H2,1-4H3,(H,31,35)(H,29,30,32)/t19-,21?/m1/s1. The highest BCUT2D eigenvalue weighted by Gasteiger charge is 2.41. The zero-order chi connectivity index (χ0) is 25.7. The van der Waals surface area contributed by atoms with Crippen molar-refractivity contribution in [3.63, 3.8) is 0 Å². The lowest BCUT2D eigenvalue weighted by molar-refractivity contribution is -0.129. The fraction of sp³-hybridized carbons (Fsp3) is 0.407. The van der Waals surface area contributed by atoms with Crippen LogP contribution in [0.5, 0.6) is 5.75 Å². The maximum absolute atomic E-state index is 13.9. The van der Waals surface area contributed by atoms with E-state index in [2.05, 4.69) is 15.6 Å². The number of amides is 2. The van der Waals surface area contributed by atoms with Crippen LogP contribution in [-0.4, -0.2) is 45.3 Å². The van der Waals surface area contributed by atoms with Crippen molar-refractivity contribution in [3.05, 3.63) is 65.8 Å². The predicted molar refractivity (Wildman–Crippen MR) is 134 cm³/mol. The van der Waals surface area contributed by atoms with Gasteiger partial charge in [-0.15, -0.1) is 0 Å². The van der Waals surface area contributed by atoms with Crippen LogP contribution < -0.4 is 15.4 Å². The van der Waals surface area contributed by atoms with Crippen molar-refractivity contribution >= 4 is 23.5 Å². The zero-order valence-corrected chi connectivity index (χ0v) is 20.8. The van der Waals surface area contributed by atoms with Crippen LogP contribution in [0, 0.1) is 11.7 Å². The number of pyridine rings is 1. The minimum absolute atomic E-state index is 0.0610. The number of aromatic nitrogens is 1. The highest BCUT2D eigenvalue weighted by Crippen LogP contribution is 2.41. The largest absolute Gasteiger partial charge is 0.487 e. The molecule has 0 spiro atoms. The smallest absolute Gasteiger partial charge is 0.232 e. The fourth-order valence-corrected chi connectivity index (χ4v) is 4.75. The molecule has 0 fully saturated rings. The maximum Gasteiger partial charge on any atom is 0.232 e. The van der Waals surface area contributed by atoms with E-state index in [1.165, 1.54) is 12.1 Å². The molecule has 2 aromatic rings. The molecule has 2 N–H and O–H groups in total. The number of fused-ring (bicyclic) bond motifs is 1. The van der Waals surface area contributed by atoms with Gasteiger partial charge in [-0.3, -0.25) is 19.5 Å². The number of benzene rings is 1. The molecule has 188 valence electrons. The first-order valence-electron chi connectivity index (χ1n) is 12.1. The molecule has 2 aliphatic heterocycles. The van der Waals surface area contributed by atoms with Crippen molar-refractivity contribution < 1.29 is 18.7 Å². The Kier molecular flexibility index (Phi) is 5.81. The van der Waals surface area contributed by atoms with Gasteiger partial charge < -0.3 is 15.4 Å². The number of anilines is 1. The van der Waals surface area contributed by atoms with Gasteiger partial charge in [0.15, 0.2) is 0 Å². The molecular formula is C27H30FN5O3. The minimum atomic E-state index is -0.532. The van der Waals surface area contributed by atoms with Crippen LogP contribution >= 0.6 is 0 Å². The lowest BCUT2D eigenvalue weighted by Gasteiger charge is -2.38. The number of guanidine groups is 1. The molecule has 9 heteroatoms. The minimum Gasteiger partial charge on any atom is -0.487 e. The number of nitrogens with zero attached hydrogens (tertiary/aromatic N) is 3. The summed E-state index contributed by atoms with van der Waals surface area (Å²) in [6, 6.07) is 7.61. The number of hydrogen-bond donors (Lipinski definition) is 2. The Bertz CT molecular complexity index is 1270. The van der Waals surface area contributed by atoms with Gasteiger partial charge in [0, 0.05) is 30.1 Å². The van der Waals surface area contributed by atoms with Crippen LogP contribution in [0.3, 0.4) is 0 Å². The van der Waals surface area contributed by atoms with Crippen molar-refractivity contribution in [1.29, 1.82) is 0 Å². The molecule has 8 nitrogen and oxygen atoms in total. The number of ether oxygens (including phenoxy) is 1. The number of carbonyl (C=O) groups is 2. The number of aliphatic imine (C=N–C) groups is 1. The first kappa shape index (κ1) is 24.0. The van der Waals surface area contributed by atoms with Crippen LogP contribution in [-0.2, 0) is 9.59 Å². The topological polar surface area (TPSA) is 95.9 Å². The fourth-order valence-electron chi connectivity index (χ4n) is 4.75. The lowest BCUT2D eigenvalue weighted by Crippen LogP contribution is -2.49.